The summed E-state index contributed by atoms with van der Waals surface area (Å²) < 4.78 is 39.3. The van der Waals surface area contributed by atoms with E-state index >= 15 is 0 Å². The van der Waals surface area contributed by atoms with E-state index in [1.54, 1.807) is 13.8 Å². The van der Waals surface area contributed by atoms with Crippen LogP contribution in [0.2, 0.25) is 0 Å². The molecule has 0 aliphatic heterocycles. The quantitative estimate of drug-likeness (QED) is 0.374. The van der Waals surface area contributed by atoms with Crippen LogP contribution < -0.4 is 5.32 Å². The summed E-state index contributed by atoms with van der Waals surface area (Å²) in [6.45, 7) is 8.14. The molecular weight excluding hydrogens is 464 g/mol. The summed E-state index contributed by atoms with van der Waals surface area (Å²) in [5.41, 5.74) is 3.23. The van der Waals surface area contributed by atoms with Crippen LogP contribution in [0.25, 0.3) is 0 Å². The highest BCUT2D eigenvalue weighted by Gasteiger charge is 2.28. The van der Waals surface area contributed by atoms with Gasteiger partial charge in [-0.1, -0.05) is 30.3 Å². The van der Waals surface area contributed by atoms with Gasteiger partial charge in [0.15, 0.2) is 11.6 Å². The van der Waals surface area contributed by atoms with Crippen LogP contribution >= 0.6 is 0 Å². The number of aliphatic hydroxyl groups is 1. The number of aryl methyl sites for hydroxylation is 1. The molecule has 36 heavy (non-hydrogen) atoms. The fraction of sp³-hybridized carbons (Fsp3) is 0.552. The number of aliphatic hydroxyl groups excluding tert-OH is 1. The van der Waals surface area contributed by atoms with Crippen molar-refractivity contribution in [3.8, 4) is 0 Å². The number of esters is 1. The van der Waals surface area contributed by atoms with Crippen LogP contribution in [0.1, 0.15) is 68.9 Å². The van der Waals surface area contributed by atoms with Gasteiger partial charge in [0.25, 0.3) is 0 Å². The molecule has 1 unspecified atom stereocenters. The Labute approximate surface area is 213 Å². The zero-order valence-electron chi connectivity index (χ0n) is 21.8. The monoisotopic (exact) mass is 503 g/mol. The number of halogens is 2. The fourth-order valence-electron chi connectivity index (χ4n) is 5.11. The molecule has 0 spiro atoms. The zero-order valence-corrected chi connectivity index (χ0v) is 21.8. The number of carbonyl (C=O) groups excluding carboxylic acids is 1. The second-order valence-corrected chi connectivity index (χ2v) is 10.4. The Balaban J connectivity index is 1.50. The van der Waals surface area contributed by atoms with Gasteiger partial charge in [0.2, 0.25) is 0 Å². The van der Waals surface area contributed by atoms with E-state index in [0.717, 1.165) is 25.3 Å². The Bertz CT molecular complexity index is 1000. The van der Waals surface area contributed by atoms with Gasteiger partial charge in [0.05, 0.1) is 25.4 Å². The minimum atomic E-state index is -0.991. The second kappa shape index (κ2) is 12.7. The van der Waals surface area contributed by atoms with Crippen LogP contribution in [0.5, 0.6) is 0 Å². The van der Waals surface area contributed by atoms with E-state index < -0.39 is 29.8 Å². The highest BCUT2D eigenvalue weighted by molar-refractivity contribution is 5.69. The number of ether oxygens (including phenoxy) is 2. The fourth-order valence-corrected chi connectivity index (χ4v) is 5.11. The summed E-state index contributed by atoms with van der Waals surface area (Å²) >= 11 is 0. The molecule has 5 nitrogen and oxygen atoms in total. The van der Waals surface area contributed by atoms with E-state index in [0.29, 0.717) is 18.0 Å². The third kappa shape index (κ3) is 7.82. The van der Waals surface area contributed by atoms with Crippen LogP contribution in [-0.4, -0.2) is 42.5 Å². The number of rotatable bonds is 13. The lowest BCUT2D eigenvalue weighted by molar-refractivity contribution is -0.143. The number of β-amino-alcohol motifs (C(OH)–C–C–N with tert-alkyl or cyclic N) is 1. The third-order valence-corrected chi connectivity index (χ3v) is 6.82. The molecule has 2 aromatic rings. The predicted molar refractivity (Wildman–Crippen MR) is 136 cm³/mol. The molecule has 0 heterocycles. The van der Waals surface area contributed by atoms with Crippen molar-refractivity contribution in [2.75, 3.05) is 19.8 Å². The first-order chi connectivity index (χ1) is 17.1. The van der Waals surface area contributed by atoms with E-state index in [9.17, 15) is 18.7 Å². The Kier molecular flexibility index (Phi) is 10.00. The first-order valence-electron chi connectivity index (χ1n) is 12.8. The molecular formula is C29H39F2NO4. The molecule has 1 aliphatic rings. The lowest BCUT2D eigenvalue weighted by Gasteiger charge is -2.31. The van der Waals surface area contributed by atoms with Crippen LogP contribution in [0.3, 0.4) is 0 Å². The maximum Gasteiger partial charge on any atom is 0.306 e. The molecule has 0 saturated heterocycles. The third-order valence-electron chi connectivity index (χ3n) is 6.82. The Hall–Kier alpha value is -2.35. The topological polar surface area (TPSA) is 67.8 Å². The van der Waals surface area contributed by atoms with Gasteiger partial charge in [0.1, 0.15) is 0 Å². The molecule has 0 radical (unpaired) electrons. The highest BCUT2D eigenvalue weighted by atomic mass is 19.2. The van der Waals surface area contributed by atoms with Crippen molar-refractivity contribution in [3.05, 3.63) is 70.3 Å². The van der Waals surface area contributed by atoms with Gasteiger partial charge < -0.3 is 19.9 Å². The summed E-state index contributed by atoms with van der Waals surface area (Å²) in [6, 6.07) is 11.1. The lowest BCUT2D eigenvalue weighted by atomic mass is 9.88. The molecule has 0 bridgehead atoms. The number of carbonyl (C=O) groups is 1. The van der Waals surface area contributed by atoms with Crippen molar-refractivity contribution < 1.29 is 28.2 Å². The van der Waals surface area contributed by atoms with Crippen molar-refractivity contribution in [2.45, 2.75) is 77.5 Å². The van der Waals surface area contributed by atoms with Gasteiger partial charge in [-0.15, -0.1) is 0 Å². The van der Waals surface area contributed by atoms with E-state index in [-0.39, 0.29) is 37.2 Å². The van der Waals surface area contributed by atoms with E-state index in [1.807, 2.05) is 0 Å². The van der Waals surface area contributed by atoms with Gasteiger partial charge in [0, 0.05) is 24.1 Å². The molecule has 2 N–H and O–H groups in total. The van der Waals surface area contributed by atoms with Gasteiger partial charge >= 0.3 is 5.97 Å². The van der Waals surface area contributed by atoms with Crippen molar-refractivity contribution in [1.82, 2.24) is 5.32 Å². The number of nitrogens with one attached hydrogen (secondary N) is 1. The zero-order chi connectivity index (χ0) is 26.3. The molecule has 0 amide bonds. The Morgan fingerprint density at radius 1 is 1.17 bits per heavy atom. The maximum absolute atomic E-state index is 14.7. The largest absolute Gasteiger partial charge is 0.466 e. The number of hydrogen-bond acceptors (Lipinski definition) is 5. The van der Waals surface area contributed by atoms with E-state index in [4.69, 9.17) is 9.47 Å². The van der Waals surface area contributed by atoms with Crippen molar-refractivity contribution in [2.24, 2.45) is 5.92 Å². The molecule has 3 rings (SSSR count). The lowest BCUT2D eigenvalue weighted by Crippen LogP contribution is -2.45. The van der Waals surface area contributed by atoms with Crippen LogP contribution in [-0.2, 0) is 33.5 Å². The van der Waals surface area contributed by atoms with Crippen LogP contribution in [0, 0.1) is 17.6 Å². The first-order valence-corrected chi connectivity index (χ1v) is 12.8. The van der Waals surface area contributed by atoms with E-state index in [1.165, 1.54) is 17.2 Å². The molecule has 1 aliphatic carbocycles. The SMILES string of the molecule is CCOC(=O)CCc1ccc(F)c(F)c1C(C)OC[C@H](O)CNC(C)(C)CC1Cc2ccccc2C1. The van der Waals surface area contributed by atoms with Gasteiger partial charge in [-0.25, -0.2) is 8.78 Å². The highest BCUT2D eigenvalue weighted by Crippen LogP contribution is 2.32. The first kappa shape index (κ1) is 28.2. The number of benzene rings is 2. The summed E-state index contributed by atoms with van der Waals surface area (Å²) in [6.07, 6.45) is 1.79. The Morgan fingerprint density at radius 2 is 1.83 bits per heavy atom. The smallest absolute Gasteiger partial charge is 0.306 e. The van der Waals surface area contributed by atoms with Gasteiger partial charge in [-0.05, 0) is 82.1 Å². The summed E-state index contributed by atoms with van der Waals surface area (Å²) in [4.78, 5) is 11.7. The van der Waals surface area contributed by atoms with Crippen molar-refractivity contribution in [3.63, 3.8) is 0 Å². The average molecular weight is 504 g/mol. The molecule has 0 saturated carbocycles. The maximum atomic E-state index is 14.7. The molecule has 198 valence electrons. The predicted octanol–water partition coefficient (Wildman–Crippen LogP) is 5.07. The Morgan fingerprint density at radius 3 is 2.47 bits per heavy atom. The molecule has 0 fully saturated rings. The van der Waals surface area contributed by atoms with Gasteiger partial charge in [-0.2, -0.15) is 0 Å². The minimum Gasteiger partial charge on any atom is -0.466 e. The van der Waals surface area contributed by atoms with Crippen LogP contribution in [0.15, 0.2) is 36.4 Å². The minimum absolute atomic E-state index is 0.0353. The van der Waals surface area contributed by atoms with E-state index in [2.05, 4.69) is 43.4 Å². The molecule has 7 heteroatoms. The van der Waals surface area contributed by atoms with Crippen molar-refractivity contribution >= 4 is 5.97 Å². The summed E-state index contributed by atoms with van der Waals surface area (Å²) in [5, 5.41) is 14.0. The van der Waals surface area contributed by atoms with Crippen LogP contribution in [0.4, 0.5) is 8.78 Å². The number of fused-ring (bicyclic) bond motifs is 1. The normalized spacial score (nSPS) is 15.5. The molecule has 0 aromatic heterocycles. The molecule has 2 aromatic carbocycles. The summed E-state index contributed by atoms with van der Waals surface area (Å²) in [5.74, 6) is -1.80. The van der Waals surface area contributed by atoms with Gasteiger partial charge in [-0.3, -0.25) is 4.79 Å². The van der Waals surface area contributed by atoms with Crippen molar-refractivity contribution in [1.29, 1.82) is 0 Å². The molecule has 2 atom stereocenters. The second-order valence-electron chi connectivity index (χ2n) is 10.4. The standard InChI is InChI=1S/C29H39F2NO4/c1-5-35-26(34)13-11-21-10-12-25(30)28(31)27(21)19(2)36-18-24(33)17-32-29(3,4)16-20-14-22-8-6-7-9-23(22)15-20/h6-10,12,19-20,24,32-33H,5,11,13-18H2,1-4H3/t19?,24-/m1/s1. The average Bonchev–Trinajstić information content (AvgIpc) is 3.23. The summed E-state index contributed by atoms with van der Waals surface area (Å²) in [7, 11) is 0. The number of hydrogen-bond donors (Lipinski definition) is 2.